The van der Waals surface area contributed by atoms with Crippen LogP contribution in [0.15, 0.2) is 36.5 Å². The number of aromatic hydroxyl groups is 1. The van der Waals surface area contributed by atoms with E-state index in [0.29, 0.717) is 22.8 Å². The van der Waals surface area contributed by atoms with Gasteiger partial charge in [-0.2, -0.15) is 5.10 Å². The molecule has 3 N–H and O–H groups in total. The molecule has 4 aromatic rings. The lowest BCUT2D eigenvalue weighted by molar-refractivity contribution is 0.0694. The van der Waals surface area contributed by atoms with Crippen molar-refractivity contribution in [3.63, 3.8) is 0 Å². The zero-order valence-electron chi connectivity index (χ0n) is 15.8. The second-order valence-electron chi connectivity index (χ2n) is 7.42. The Morgan fingerprint density at radius 3 is 2.79 bits per heavy atom. The average molecular weight is 389 g/mol. The van der Waals surface area contributed by atoms with Crippen LogP contribution in [0.2, 0.25) is 0 Å². The predicted octanol–water partition coefficient (Wildman–Crippen LogP) is 3.57. The van der Waals surface area contributed by atoms with E-state index in [1.54, 1.807) is 6.20 Å². The van der Waals surface area contributed by atoms with E-state index in [-0.39, 0.29) is 11.3 Å². The van der Waals surface area contributed by atoms with Crippen LogP contribution in [0.5, 0.6) is 5.75 Å². The molecule has 0 amide bonds. The monoisotopic (exact) mass is 389 g/mol. The number of anilines is 1. The lowest BCUT2D eigenvalue weighted by Gasteiger charge is -2.25. The molecule has 8 nitrogen and oxygen atoms in total. The minimum atomic E-state index is -1.20. The molecule has 1 aliphatic rings. The number of fused-ring (bicyclic) bond motifs is 2. The number of nitrogens with zero attached hydrogens (tertiary/aromatic N) is 4. The van der Waals surface area contributed by atoms with Gasteiger partial charge in [0.05, 0.1) is 22.7 Å². The van der Waals surface area contributed by atoms with Crippen molar-refractivity contribution in [1.82, 2.24) is 20.2 Å². The fourth-order valence-electron chi connectivity index (χ4n) is 3.99. The Balaban J connectivity index is 1.77. The second kappa shape index (κ2) is 6.44. The van der Waals surface area contributed by atoms with Gasteiger partial charge in [0.1, 0.15) is 17.0 Å². The van der Waals surface area contributed by atoms with E-state index in [0.717, 1.165) is 41.7 Å². The number of rotatable bonds is 3. The van der Waals surface area contributed by atoms with Crippen LogP contribution < -0.4 is 4.90 Å². The molecule has 0 bridgehead atoms. The number of aromatic carboxylic acids is 1. The van der Waals surface area contributed by atoms with E-state index in [9.17, 15) is 15.0 Å². The first kappa shape index (κ1) is 17.4. The van der Waals surface area contributed by atoms with E-state index >= 15 is 0 Å². The van der Waals surface area contributed by atoms with Crippen molar-refractivity contribution < 1.29 is 15.0 Å². The van der Waals surface area contributed by atoms with Crippen LogP contribution in [0.3, 0.4) is 0 Å². The van der Waals surface area contributed by atoms with Crippen LogP contribution in [0, 0.1) is 0 Å². The number of nitrogens with one attached hydrogen (secondary N) is 1. The summed E-state index contributed by atoms with van der Waals surface area (Å²) in [6.45, 7) is 3.02. The van der Waals surface area contributed by atoms with Crippen LogP contribution in [-0.2, 0) is 0 Å². The Kier molecular flexibility index (Phi) is 3.87. The Hall–Kier alpha value is -3.68. The van der Waals surface area contributed by atoms with Gasteiger partial charge in [-0.25, -0.2) is 14.8 Å². The Morgan fingerprint density at radius 2 is 2.03 bits per heavy atom. The van der Waals surface area contributed by atoms with Crippen molar-refractivity contribution in [2.75, 3.05) is 11.4 Å². The van der Waals surface area contributed by atoms with Gasteiger partial charge in [0.15, 0.2) is 5.82 Å². The quantitative estimate of drug-likeness (QED) is 0.491. The lowest BCUT2D eigenvalue weighted by Crippen LogP contribution is -2.28. The summed E-state index contributed by atoms with van der Waals surface area (Å²) in [7, 11) is 0. The average Bonchev–Trinajstić information content (AvgIpc) is 3.34. The molecule has 3 heterocycles. The van der Waals surface area contributed by atoms with Crippen LogP contribution in [0.25, 0.3) is 33.2 Å². The van der Waals surface area contributed by atoms with Gasteiger partial charge in [0.2, 0.25) is 0 Å². The minimum absolute atomic E-state index is 0.181. The Labute approximate surface area is 165 Å². The standard InChI is InChI=1S/C21H19N5O3/c1-11-3-2-6-26(11)20-19(12-4-5-15-13(7-12)10-22-25-15)23-17-9-18(27)14(21(28)29)8-16(17)24-20/h4-5,7-11,27H,2-3,6H2,1H3,(H,22,25)(H,28,29). The molecule has 29 heavy (non-hydrogen) atoms. The van der Waals surface area contributed by atoms with Crippen molar-refractivity contribution in [2.24, 2.45) is 0 Å². The molecule has 5 rings (SSSR count). The number of benzene rings is 2. The zero-order chi connectivity index (χ0) is 20.1. The van der Waals surface area contributed by atoms with Gasteiger partial charge in [-0.3, -0.25) is 5.10 Å². The van der Waals surface area contributed by atoms with Gasteiger partial charge in [-0.05, 0) is 38.0 Å². The van der Waals surface area contributed by atoms with E-state index in [2.05, 4.69) is 22.0 Å². The zero-order valence-corrected chi connectivity index (χ0v) is 15.8. The molecule has 2 aromatic carbocycles. The molecule has 146 valence electrons. The highest BCUT2D eigenvalue weighted by Gasteiger charge is 2.26. The maximum absolute atomic E-state index is 11.4. The van der Waals surface area contributed by atoms with Crippen LogP contribution in [-0.4, -0.2) is 48.9 Å². The van der Waals surface area contributed by atoms with Crippen molar-refractivity contribution >= 4 is 33.7 Å². The number of phenols is 1. The number of H-pyrrole nitrogens is 1. The molecule has 1 saturated heterocycles. The molecule has 1 aliphatic heterocycles. The van der Waals surface area contributed by atoms with E-state index in [1.807, 2.05) is 18.2 Å². The van der Waals surface area contributed by atoms with Gasteiger partial charge in [0, 0.05) is 29.6 Å². The summed E-state index contributed by atoms with van der Waals surface area (Å²) in [4.78, 5) is 23.2. The first-order valence-electron chi connectivity index (χ1n) is 9.49. The van der Waals surface area contributed by atoms with Crippen molar-refractivity contribution in [1.29, 1.82) is 0 Å². The van der Waals surface area contributed by atoms with Crippen molar-refractivity contribution in [3.8, 4) is 17.0 Å². The molecule has 0 spiro atoms. The Morgan fingerprint density at radius 1 is 1.21 bits per heavy atom. The van der Waals surface area contributed by atoms with Crippen LogP contribution in [0.4, 0.5) is 5.82 Å². The summed E-state index contributed by atoms with van der Waals surface area (Å²) in [5.74, 6) is -0.790. The highest BCUT2D eigenvalue weighted by Crippen LogP contribution is 2.36. The third-order valence-electron chi connectivity index (χ3n) is 5.53. The number of hydrogen-bond acceptors (Lipinski definition) is 6. The maximum atomic E-state index is 11.4. The van der Waals surface area contributed by atoms with Crippen LogP contribution in [0.1, 0.15) is 30.1 Å². The minimum Gasteiger partial charge on any atom is -0.507 e. The largest absolute Gasteiger partial charge is 0.507 e. The highest BCUT2D eigenvalue weighted by atomic mass is 16.4. The molecule has 1 atom stereocenters. The van der Waals surface area contributed by atoms with Crippen molar-refractivity contribution in [2.45, 2.75) is 25.8 Å². The summed E-state index contributed by atoms with van der Waals surface area (Å²) in [5, 5.41) is 27.4. The topological polar surface area (TPSA) is 115 Å². The molecule has 0 radical (unpaired) electrons. The van der Waals surface area contributed by atoms with Gasteiger partial charge in [-0.1, -0.05) is 6.07 Å². The fourth-order valence-corrected chi connectivity index (χ4v) is 3.99. The molecule has 0 aliphatic carbocycles. The van der Waals surface area contributed by atoms with Crippen LogP contribution >= 0.6 is 0 Å². The third-order valence-corrected chi connectivity index (χ3v) is 5.53. The maximum Gasteiger partial charge on any atom is 0.339 e. The lowest BCUT2D eigenvalue weighted by atomic mass is 10.1. The molecule has 1 fully saturated rings. The number of carboxylic acids is 1. The third kappa shape index (κ3) is 2.84. The molecular formula is C21H19N5O3. The van der Waals surface area contributed by atoms with Gasteiger partial charge in [0.25, 0.3) is 0 Å². The number of carbonyl (C=O) groups is 1. The molecule has 0 saturated carbocycles. The molecule has 1 unspecified atom stereocenters. The summed E-state index contributed by atoms with van der Waals surface area (Å²) in [6.07, 6.45) is 3.89. The van der Waals surface area contributed by atoms with Gasteiger partial charge in [-0.15, -0.1) is 0 Å². The molecule has 2 aromatic heterocycles. The summed E-state index contributed by atoms with van der Waals surface area (Å²) in [6, 6.07) is 8.98. The predicted molar refractivity (Wildman–Crippen MR) is 109 cm³/mol. The smallest absolute Gasteiger partial charge is 0.339 e. The highest BCUT2D eigenvalue weighted by molar-refractivity contribution is 5.97. The van der Waals surface area contributed by atoms with Gasteiger partial charge < -0.3 is 15.1 Å². The van der Waals surface area contributed by atoms with E-state index in [4.69, 9.17) is 9.97 Å². The molecule has 8 heteroatoms. The Bertz CT molecular complexity index is 1270. The summed E-state index contributed by atoms with van der Waals surface area (Å²) in [5.41, 5.74) is 3.25. The number of carboxylic acid groups (broad SMARTS) is 1. The number of hydrogen-bond donors (Lipinski definition) is 3. The number of aromatic amines is 1. The summed E-state index contributed by atoms with van der Waals surface area (Å²) < 4.78 is 0. The first-order valence-corrected chi connectivity index (χ1v) is 9.49. The number of aromatic nitrogens is 4. The van der Waals surface area contributed by atoms with E-state index < -0.39 is 5.97 Å². The fraction of sp³-hybridized carbons (Fsp3) is 0.238. The van der Waals surface area contributed by atoms with Crippen molar-refractivity contribution in [3.05, 3.63) is 42.1 Å². The molecular weight excluding hydrogens is 370 g/mol. The van der Waals surface area contributed by atoms with E-state index in [1.165, 1.54) is 12.1 Å². The SMILES string of the molecule is CC1CCCN1c1nc2cc(C(=O)O)c(O)cc2nc1-c1ccc2[nH]ncc2c1. The van der Waals surface area contributed by atoms with Gasteiger partial charge >= 0.3 is 5.97 Å². The second-order valence-corrected chi connectivity index (χ2v) is 7.42. The summed E-state index contributed by atoms with van der Waals surface area (Å²) >= 11 is 0. The normalized spacial score (nSPS) is 16.7. The first-order chi connectivity index (χ1) is 14.0.